The number of para-hydroxylation sites is 1. The van der Waals surface area contributed by atoms with Crippen LogP contribution < -0.4 is 18.9 Å². The molecule has 1 heterocycles. The fourth-order valence-corrected chi connectivity index (χ4v) is 3.81. The lowest BCUT2D eigenvalue weighted by Gasteiger charge is -2.19. The molecule has 0 radical (unpaired) electrons. The smallest absolute Gasteiger partial charge is 0.231 e. The average Bonchev–Trinajstić information content (AvgIpc) is 3.19. The molecule has 0 fully saturated rings. The van der Waals surface area contributed by atoms with E-state index in [0.717, 1.165) is 47.9 Å². The number of hydrogen-bond donors (Lipinski definition) is 0. The first-order chi connectivity index (χ1) is 14.3. The number of hydrogen-bond acceptors (Lipinski definition) is 5. The van der Waals surface area contributed by atoms with Gasteiger partial charge in [0, 0.05) is 24.2 Å². The van der Waals surface area contributed by atoms with Crippen LogP contribution in [0.3, 0.4) is 0 Å². The lowest BCUT2D eigenvalue weighted by Crippen LogP contribution is -2.21. The van der Waals surface area contributed by atoms with E-state index < -0.39 is 8.07 Å². The molecule has 0 aromatic heterocycles. The molecule has 0 N–H and O–H groups in total. The molecule has 0 atom stereocenters. The summed E-state index contributed by atoms with van der Waals surface area (Å²) in [6.07, 6.45) is 0.860. The van der Waals surface area contributed by atoms with Crippen LogP contribution in [0.5, 0.6) is 23.0 Å². The molecule has 6 heteroatoms. The van der Waals surface area contributed by atoms with Crippen molar-refractivity contribution in [3.05, 3.63) is 47.0 Å². The standard InChI is InChI=1S/C24H31NO4Si/c1-25(16-20-8-7-9-21-24(20)29-17-28-21)12-10-18-14-22(26-2)23(27-3)15-19(18)11-13-30(4,5)6/h7-9,14-15H,10,12,16-17H2,1-6H3. The first-order valence-corrected chi connectivity index (χ1v) is 13.6. The van der Waals surface area contributed by atoms with Crippen LogP contribution in [0.2, 0.25) is 19.6 Å². The van der Waals surface area contributed by atoms with E-state index >= 15 is 0 Å². The maximum atomic E-state index is 5.64. The summed E-state index contributed by atoms with van der Waals surface area (Å²) >= 11 is 0. The third kappa shape index (κ3) is 5.50. The molecular formula is C24H31NO4Si. The molecule has 0 bridgehead atoms. The zero-order valence-corrected chi connectivity index (χ0v) is 19.8. The molecule has 5 nitrogen and oxygen atoms in total. The van der Waals surface area contributed by atoms with Crippen molar-refractivity contribution in [3.63, 3.8) is 0 Å². The van der Waals surface area contributed by atoms with Gasteiger partial charge in [0.1, 0.15) is 8.07 Å². The highest BCUT2D eigenvalue weighted by molar-refractivity contribution is 6.83. The minimum atomic E-state index is -1.49. The highest BCUT2D eigenvalue weighted by Crippen LogP contribution is 2.36. The fraction of sp³-hybridized carbons (Fsp3) is 0.417. The summed E-state index contributed by atoms with van der Waals surface area (Å²) in [5.74, 6) is 6.54. The van der Waals surface area contributed by atoms with E-state index in [4.69, 9.17) is 18.9 Å². The summed E-state index contributed by atoms with van der Waals surface area (Å²) in [5.41, 5.74) is 6.79. The maximum Gasteiger partial charge on any atom is 0.231 e. The van der Waals surface area contributed by atoms with Crippen LogP contribution in [-0.4, -0.2) is 47.6 Å². The second kappa shape index (κ2) is 9.46. The number of likely N-dealkylation sites (N-methyl/N-ethyl adjacent to an activating group) is 1. The Morgan fingerprint density at radius 1 is 1.03 bits per heavy atom. The van der Waals surface area contributed by atoms with Crippen LogP contribution in [0.15, 0.2) is 30.3 Å². The van der Waals surface area contributed by atoms with E-state index in [-0.39, 0.29) is 0 Å². The van der Waals surface area contributed by atoms with E-state index in [0.29, 0.717) is 12.5 Å². The van der Waals surface area contributed by atoms with Gasteiger partial charge < -0.3 is 23.8 Å². The van der Waals surface area contributed by atoms with E-state index in [1.54, 1.807) is 14.2 Å². The first-order valence-electron chi connectivity index (χ1n) is 10.1. The van der Waals surface area contributed by atoms with Gasteiger partial charge >= 0.3 is 0 Å². The molecule has 2 aromatic carbocycles. The topological polar surface area (TPSA) is 40.2 Å². The number of benzene rings is 2. The Hall–Kier alpha value is -2.62. The summed E-state index contributed by atoms with van der Waals surface area (Å²) in [6, 6.07) is 10.1. The van der Waals surface area contributed by atoms with Crippen LogP contribution in [0.1, 0.15) is 16.7 Å². The molecule has 0 spiro atoms. The normalized spacial score (nSPS) is 12.5. The van der Waals surface area contributed by atoms with E-state index in [1.165, 1.54) is 5.56 Å². The third-order valence-corrected chi connectivity index (χ3v) is 5.74. The minimum Gasteiger partial charge on any atom is -0.493 e. The molecule has 160 valence electrons. The molecular weight excluding hydrogens is 394 g/mol. The van der Waals surface area contributed by atoms with Crippen molar-refractivity contribution in [2.75, 3.05) is 34.6 Å². The van der Waals surface area contributed by atoms with E-state index in [2.05, 4.69) is 55.2 Å². The molecule has 0 amide bonds. The van der Waals surface area contributed by atoms with Crippen LogP contribution in [0.4, 0.5) is 0 Å². The number of nitrogens with zero attached hydrogens (tertiary/aromatic N) is 1. The van der Waals surface area contributed by atoms with Crippen molar-refractivity contribution in [3.8, 4) is 34.5 Å². The number of fused-ring (bicyclic) bond motifs is 1. The molecule has 0 unspecified atom stereocenters. The van der Waals surface area contributed by atoms with Crippen LogP contribution in [0.25, 0.3) is 0 Å². The lowest BCUT2D eigenvalue weighted by molar-refractivity contribution is 0.172. The van der Waals surface area contributed by atoms with Gasteiger partial charge in [-0.3, -0.25) is 0 Å². The summed E-state index contributed by atoms with van der Waals surface area (Å²) in [4.78, 5) is 2.28. The van der Waals surface area contributed by atoms with Crippen LogP contribution in [-0.2, 0) is 13.0 Å². The third-order valence-electron chi connectivity index (χ3n) is 4.86. The van der Waals surface area contributed by atoms with Crippen molar-refractivity contribution in [1.82, 2.24) is 4.90 Å². The van der Waals surface area contributed by atoms with Crippen LogP contribution in [0, 0.1) is 11.5 Å². The Balaban J connectivity index is 1.77. The number of methoxy groups -OCH3 is 2. The van der Waals surface area contributed by atoms with Gasteiger partial charge in [0.2, 0.25) is 6.79 Å². The molecule has 0 aliphatic carbocycles. The Kier molecular flexibility index (Phi) is 6.96. The Morgan fingerprint density at radius 3 is 2.47 bits per heavy atom. The SMILES string of the molecule is COc1cc(C#C[Si](C)(C)C)c(CCN(C)Cc2cccc3c2OCO3)cc1OC. The van der Waals surface area contributed by atoms with Gasteiger partial charge in [-0.05, 0) is 37.2 Å². The van der Waals surface area contributed by atoms with Crippen molar-refractivity contribution in [1.29, 1.82) is 0 Å². The maximum absolute atomic E-state index is 5.64. The molecule has 30 heavy (non-hydrogen) atoms. The lowest BCUT2D eigenvalue weighted by atomic mass is 10.0. The number of ether oxygens (including phenoxy) is 4. The van der Waals surface area contributed by atoms with Gasteiger partial charge in [-0.15, -0.1) is 5.54 Å². The molecule has 3 rings (SSSR count). The summed E-state index contributed by atoms with van der Waals surface area (Å²) in [6.45, 7) is 8.70. The zero-order chi connectivity index (χ0) is 21.7. The van der Waals surface area contributed by atoms with Gasteiger partial charge in [0.15, 0.2) is 23.0 Å². The number of rotatable bonds is 7. The summed E-state index contributed by atoms with van der Waals surface area (Å²) in [7, 11) is 3.95. The van der Waals surface area contributed by atoms with Crippen molar-refractivity contribution < 1.29 is 18.9 Å². The zero-order valence-electron chi connectivity index (χ0n) is 18.8. The quantitative estimate of drug-likeness (QED) is 0.488. The monoisotopic (exact) mass is 425 g/mol. The largest absolute Gasteiger partial charge is 0.493 e. The van der Waals surface area contributed by atoms with Crippen molar-refractivity contribution in [2.24, 2.45) is 0 Å². The van der Waals surface area contributed by atoms with E-state index in [9.17, 15) is 0 Å². The molecule has 1 aliphatic rings. The van der Waals surface area contributed by atoms with Gasteiger partial charge in [-0.1, -0.05) is 37.7 Å². The highest BCUT2D eigenvalue weighted by atomic mass is 28.3. The van der Waals surface area contributed by atoms with Crippen molar-refractivity contribution >= 4 is 8.07 Å². The fourth-order valence-electron chi connectivity index (χ4n) is 3.30. The molecule has 2 aromatic rings. The van der Waals surface area contributed by atoms with Gasteiger partial charge in [-0.2, -0.15) is 0 Å². The van der Waals surface area contributed by atoms with Crippen LogP contribution >= 0.6 is 0 Å². The van der Waals surface area contributed by atoms with Gasteiger partial charge in [0.05, 0.1) is 14.2 Å². The minimum absolute atomic E-state index is 0.292. The molecule has 0 saturated heterocycles. The Bertz CT molecular complexity index is 956. The molecule has 1 aliphatic heterocycles. The second-order valence-corrected chi connectivity index (χ2v) is 13.3. The Morgan fingerprint density at radius 2 is 1.77 bits per heavy atom. The Labute approximate surface area is 180 Å². The second-order valence-electron chi connectivity index (χ2n) is 8.50. The van der Waals surface area contributed by atoms with Gasteiger partial charge in [-0.25, -0.2) is 0 Å². The van der Waals surface area contributed by atoms with E-state index in [1.807, 2.05) is 18.2 Å². The molecule has 0 saturated carbocycles. The van der Waals surface area contributed by atoms with Crippen molar-refractivity contribution in [2.45, 2.75) is 32.6 Å². The predicted molar refractivity (Wildman–Crippen MR) is 122 cm³/mol. The summed E-state index contributed by atoms with van der Waals surface area (Å²) in [5, 5.41) is 0. The van der Waals surface area contributed by atoms with Gasteiger partial charge in [0.25, 0.3) is 0 Å². The summed E-state index contributed by atoms with van der Waals surface area (Å²) < 4.78 is 22.1. The predicted octanol–water partition coefficient (Wildman–Crippen LogP) is 4.34. The average molecular weight is 426 g/mol. The highest BCUT2D eigenvalue weighted by Gasteiger charge is 2.18. The first kappa shape index (κ1) is 22.1.